The van der Waals surface area contributed by atoms with Gasteiger partial charge in [-0.1, -0.05) is 66.2 Å². The minimum atomic E-state index is -0.998. The summed E-state index contributed by atoms with van der Waals surface area (Å²) in [5.41, 5.74) is 2.28. The Morgan fingerprint density at radius 1 is 0.763 bits per heavy atom. The van der Waals surface area contributed by atoms with Crippen LogP contribution < -0.4 is 14.7 Å². The van der Waals surface area contributed by atoms with E-state index in [1.54, 1.807) is 77.9 Å². The molecule has 4 aromatic rings. The molecule has 2 amide bonds. The van der Waals surface area contributed by atoms with Gasteiger partial charge in [0.15, 0.2) is 6.10 Å². The van der Waals surface area contributed by atoms with Crippen molar-refractivity contribution in [1.82, 2.24) is 0 Å². The molecule has 2 heterocycles. The number of ether oxygens (including phenoxy) is 1. The molecule has 0 bridgehead atoms. The van der Waals surface area contributed by atoms with Gasteiger partial charge in [-0.05, 0) is 60.2 Å². The minimum Gasteiger partial charge on any atom is -0.423 e. The van der Waals surface area contributed by atoms with Gasteiger partial charge < -0.3 is 4.74 Å². The summed E-state index contributed by atoms with van der Waals surface area (Å²) in [7, 11) is 0. The number of carbonyl (C=O) groups excluding carboxylic acids is 3. The fourth-order valence-electron chi connectivity index (χ4n) is 4.90. The lowest BCUT2D eigenvalue weighted by Gasteiger charge is -2.28. The van der Waals surface area contributed by atoms with E-state index in [4.69, 9.17) is 21.2 Å². The van der Waals surface area contributed by atoms with Crippen LogP contribution in [-0.2, 0) is 14.4 Å². The Morgan fingerprint density at radius 3 is 2.11 bits per heavy atom. The maximum Gasteiger partial charge on any atom is 0.343 e. The average molecular weight is 525 g/mol. The molecule has 188 valence electrons. The lowest BCUT2D eigenvalue weighted by atomic mass is 9.90. The van der Waals surface area contributed by atoms with Crippen molar-refractivity contribution < 1.29 is 24.0 Å². The van der Waals surface area contributed by atoms with Crippen LogP contribution in [0.15, 0.2) is 109 Å². The Balaban J connectivity index is 1.33. The van der Waals surface area contributed by atoms with Crippen LogP contribution in [0.25, 0.3) is 0 Å². The van der Waals surface area contributed by atoms with Crippen LogP contribution in [0.5, 0.6) is 5.75 Å². The van der Waals surface area contributed by atoms with Gasteiger partial charge in [0, 0.05) is 5.02 Å². The molecule has 0 aromatic heterocycles. The Bertz CT molecular complexity index is 1510. The van der Waals surface area contributed by atoms with Crippen LogP contribution in [-0.4, -0.2) is 23.9 Å². The second-order valence-electron chi connectivity index (χ2n) is 8.97. The Morgan fingerprint density at radius 2 is 1.42 bits per heavy atom. The summed E-state index contributed by atoms with van der Waals surface area (Å²) < 4.78 is 5.51. The molecular weight excluding hydrogens is 504 g/mol. The molecule has 4 aromatic carbocycles. The molecule has 2 aliphatic heterocycles. The van der Waals surface area contributed by atoms with Crippen molar-refractivity contribution in [1.29, 1.82) is 0 Å². The van der Waals surface area contributed by atoms with E-state index in [-0.39, 0.29) is 5.91 Å². The van der Waals surface area contributed by atoms with E-state index in [0.29, 0.717) is 27.7 Å². The molecule has 0 radical (unpaired) electrons. The van der Waals surface area contributed by atoms with Crippen LogP contribution >= 0.6 is 11.6 Å². The van der Waals surface area contributed by atoms with Gasteiger partial charge in [-0.2, -0.15) is 0 Å². The maximum absolute atomic E-state index is 13.7. The molecule has 2 aliphatic rings. The first-order valence-corrected chi connectivity index (χ1v) is 12.4. The van der Waals surface area contributed by atoms with Crippen LogP contribution in [0.3, 0.4) is 0 Å². The van der Waals surface area contributed by atoms with Crippen molar-refractivity contribution in [3.63, 3.8) is 0 Å². The highest BCUT2D eigenvalue weighted by atomic mass is 35.5. The highest BCUT2D eigenvalue weighted by Crippen LogP contribution is 2.47. The Hall–Kier alpha value is -4.46. The number of esters is 1. The van der Waals surface area contributed by atoms with Gasteiger partial charge in [-0.15, -0.1) is 0 Å². The lowest BCUT2D eigenvalue weighted by Crippen LogP contribution is -2.37. The SMILES string of the molecule is O=C(Oc1ccc([C@H]2[C@H]3C(=O)N(c4cccc(Cl)c4)C(=O)[C@H]3ON2c2ccccc2)cc1)c1ccccc1. The number of fused-ring (bicyclic) bond motifs is 1. The number of carbonyl (C=O) groups is 3. The third-order valence-corrected chi connectivity index (χ3v) is 6.87. The molecular formula is C30H21ClN2O5. The van der Waals surface area contributed by atoms with Crippen molar-refractivity contribution in [3.05, 3.63) is 125 Å². The van der Waals surface area contributed by atoms with E-state index >= 15 is 0 Å². The molecule has 2 fully saturated rings. The summed E-state index contributed by atoms with van der Waals surface area (Å²) >= 11 is 6.13. The molecule has 6 rings (SSSR count). The summed E-state index contributed by atoms with van der Waals surface area (Å²) in [5, 5.41) is 2.04. The molecule has 0 unspecified atom stereocenters. The van der Waals surface area contributed by atoms with Crippen LogP contribution in [0.1, 0.15) is 22.0 Å². The number of halogens is 1. The lowest BCUT2D eigenvalue weighted by molar-refractivity contribution is -0.126. The first-order valence-electron chi connectivity index (χ1n) is 12.0. The summed E-state index contributed by atoms with van der Waals surface area (Å²) in [6, 6.07) is 30.9. The Kier molecular flexibility index (Phi) is 6.15. The number of benzene rings is 4. The number of imide groups is 1. The van der Waals surface area contributed by atoms with Gasteiger partial charge in [0.2, 0.25) is 5.91 Å². The number of para-hydroxylation sites is 1. The van der Waals surface area contributed by atoms with Gasteiger partial charge >= 0.3 is 5.97 Å². The van der Waals surface area contributed by atoms with Gasteiger partial charge in [-0.25, -0.2) is 14.8 Å². The number of amides is 2. The predicted octanol–water partition coefficient (Wildman–Crippen LogP) is 5.61. The molecule has 2 saturated heterocycles. The van der Waals surface area contributed by atoms with Crippen LogP contribution in [0, 0.1) is 5.92 Å². The molecule has 3 atom stereocenters. The Labute approximate surface area is 223 Å². The van der Waals surface area contributed by atoms with Gasteiger partial charge in [0.05, 0.1) is 23.0 Å². The normalized spacial score (nSPS) is 20.5. The zero-order valence-electron chi connectivity index (χ0n) is 19.9. The zero-order valence-corrected chi connectivity index (χ0v) is 20.7. The van der Waals surface area contributed by atoms with Crippen molar-refractivity contribution in [3.8, 4) is 5.75 Å². The summed E-state index contributed by atoms with van der Waals surface area (Å²) in [5.74, 6) is -1.72. The van der Waals surface area contributed by atoms with E-state index < -0.39 is 29.9 Å². The van der Waals surface area contributed by atoms with Crippen molar-refractivity contribution >= 4 is 40.8 Å². The molecule has 0 spiro atoms. The third kappa shape index (κ3) is 4.22. The number of anilines is 2. The molecule has 0 aliphatic carbocycles. The summed E-state index contributed by atoms with van der Waals surface area (Å²) in [6.07, 6.45) is -0.998. The zero-order chi connectivity index (χ0) is 26.2. The molecule has 7 nitrogen and oxygen atoms in total. The van der Waals surface area contributed by atoms with Gasteiger partial charge in [0.1, 0.15) is 11.7 Å². The molecule has 0 N–H and O–H groups in total. The topological polar surface area (TPSA) is 76.2 Å². The van der Waals surface area contributed by atoms with Crippen LogP contribution in [0.2, 0.25) is 5.02 Å². The average Bonchev–Trinajstić information content (AvgIpc) is 3.45. The standard InChI is InChI=1S/C30H21ClN2O5/c31-21-10-7-13-23(18-21)32-28(34)25-26(33(38-27(25)29(32)35)22-11-5-2-6-12-22)19-14-16-24(17-15-19)37-30(36)20-8-3-1-4-9-20/h1-18,25-27H/t25-,26+,27+/m1/s1. The fourth-order valence-corrected chi connectivity index (χ4v) is 5.08. The molecule has 0 saturated carbocycles. The van der Waals surface area contributed by atoms with Gasteiger partial charge in [-0.3, -0.25) is 14.4 Å². The van der Waals surface area contributed by atoms with E-state index in [1.165, 1.54) is 0 Å². The van der Waals surface area contributed by atoms with Crippen LogP contribution in [0.4, 0.5) is 11.4 Å². The van der Waals surface area contributed by atoms with E-state index in [2.05, 4.69) is 0 Å². The van der Waals surface area contributed by atoms with E-state index in [9.17, 15) is 14.4 Å². The van der Waals surface area contributed by atoms with Crippen molar-refractivity contribution in [2.75, 3.05) is 9.96 Å². The first-order chi connectivity index (χ1) is 18.5. The van der Waals surface area contributed by atoms with E-state index in [0.717, 1.165) is 10.5 Å². The van der Waals surface area contributed by atoms with E-state index in [1.807, 2.05) is 36.4 Å². The first kappa shape index (κ1) is 23.9. The molecule has 8 heteroatoms. The van der Waals surface area contributed by atoms with Crippen molar-refractivity contribution in [2.45, 2.75) is 12.1 Å². The fraction of sp³-hybridized carbons (Fsp3) is 0.100. The highest BCUT2D eigenvalue weighted by Gasteiger charge is 2.60. The minimum absolute atomic E-state index is 0.360. The number of hydrogen-bond donors (Lipinski definition) is 0. The number of nitrogens with zero attached hydrogens (tertiary/aromatic N) is 2. The summed E-state index contributed by atoms with van der Waals surface area (Å²) in [6.45, 7) is 0. The largest absolute Gasteiger partial charge is 0.423 e. The maximum atomic E-state index is 13.7. The predicted molar refractivity (Wildman–Crippen MR) is 142 cm³/mol. The summed E-state index contributed by atoms with van der Waals surface area (Å²) in [4.78, 5) is 46.9. The number of hydrogen-bond acceptors (Lipinski definition) is 6. The monoisotopic (exact) mass is 524 g/mol. The quantitative estimate of drug-likeness (QED) is 0.192. The second kappa shape index (κ2) is 9.78. The smallest absolute Gasteiger partial charge is 0.343 e. The number of hydroxylamine groups is 1. The highest BCUT2D eigenvalue weighted by molar-refractivity contribution is 6.31. The van der Waals surface area contributed by atoms with Crippen molar-refractivity contribution in [2.24, 2.45) is 5.92 Å². The molecule has 38 heavy (non-hydrogen) atoms. The van der Waals surface area contributed by atoms with Gasteiger partial charge in [0.25, 0.3) is 5.91 Å². The third-order valence-electron chi connectivity index (χ3n) is 6.63. The number of rotatable bonds is 5. The second-order valence-corrected chi connectivity index (χ2v) is 9.41.